The first-order chi connectivity index (χ1) is 15.9. The Labute approximate surface area is 191 Å². The summed E-state index contributed by atoms with van der Waals surface area (Å²) in [6.45, 7) is 4.24. The van der Waals surface area contributed by atoms with Gasteiger partial charge in [0.2, 0.25) is 5.95 Å². The monoisotopic (exact) mass is 443 g/mol. The van der Waals surface area contributed by atoms with E-state index in [1.807, 2.05) is 6.92 Å². The van der Waals surface area contributed by atoms with Crippen molar-refractivity contribution < 1.29 is 4.74 Å². The van der Waals surface area contributed by atoms with Crippen molar-refractivity contribution >= 4 is 17.0 Å². The molecule has 9 nitrogen and oxygen atoms in total. The van der Waals surface area contributed by atoms with E-state index >= 15 is 0 Å². The molecule has 2 aliphatic rings. The summed E-state index contributed by atoms with van der Waals surface area (Å²) in [6, 6.07) is 9.04. The maximum absolute atomic E-state index is 13.2. The summed E-state index contributed by atoms with van der Waals surface area (Å²) in [5.41, 5.74) is 8.32. The maximum Gasteiger partial charge on any atom is 0.267 e. The van der Waals surface area contributed by atoms with E-state index in [-0.39, 0.29) is 23.1 Å². The Kier molecular flexibility index (Phi) is 5.16. The molecule has 2 aromatic heterocycles. The number of benzene rings is 1. The van der Waals surface area contributed by atoms with Crippen LogP contribution in [0.3, 0.4) is 0 Å². The van der Waals surface area contributed by atoms with Crippen molar-refractivity contribution in [3.63, 3.8) is 0 Å². The van der Waals surface area contributed by atoms with Crippen molar-refractivity contribution in [2.24, 2.45) is 18.2 Å². The lowest BCUT2D eigenvalue weighted by Crippen LogP contribution is -2.51. The third-order valence-electron chi connectivity index (χ3n) is 7.01. The van der Waals surface area contributed by atoms with Crippen LogP contribution >= 0.6 is 0 Å². The Hall–Kier alpha value is -3.66. The third-order valence-corrected chi connectivity index (χ3v) is 7.01. The molecule has 0 unspecified atom stereocenters. The predicted molar refractivity (Wildman–Crippen MR) is 124 cm³/mol. The molecule has 0 amide bonds. The molecule has 2 saturated heterocycles. The number of fused-ring (bicyclic) bond motifs is 1. The highest BCUT2D eigenvalue weighted by Crippen LogP contribution is 2.41. The van der Waals surface area contributed by atoms with Crippen molar-refractivity contribution in [2.75, 3.05) is 24.6 Å². The molecule has 33 heavy (non-hydrogen) atoms. The number of piperidine rings is 1. The Bertz CT molecular complexity index is 1360. The molecular weight excluding hydrogens is 418 g/mol. The molecule has 0 radical (unpaired) electrons. The first-order valence-corrected chi connectivity index (χ1v) is 11.0. The second kappa shape index (κ2) is 8.04. The highest BCUT2D eigenvalue weighted by molar-refractivity contribution is 5.81. The van der Waals surface area contributed by atoms with Crippen LogP contribution in [0.15, 0.2) is 29.1 Å². The van der Waals surface area contributed by atoms with Crippen LogP contribution in [0.4, 0.5) is 5.95 Å². The van der Waals surface area contributed by atoms with Gasteiger partial charge in [0.15, 0.2) is 11.3 Å². The van der Waals surface area contributed by atoms with Gasteiger partial charge in [-0.25, -0.2) is 0 Å². The molecule has 9 heteroatoms. The molecular formula is C24H25N7O2. The lowest BCUT2D eigenvalue weighted by atomic mass is 9.73. The van der Waals surface area contributed by atoms with Crippen molar-refractivity contribution in [2.45, 2.75) is 31.9 Å². The van der Waals surface area contributed by atoms with Gasteiger partial charge >= 0.3 is 0 Å². The zero-order valence-electron chi connectivity index (χ0n) is 18.6. The molecule has 2 fully saturated rings. The zero-order valence-corrected chi connectivity index (χ0v) is 18.6. The maximum atomic E-state index is 13.2. The summed E-state index contributed by atoms with van der Waals surface area (Å²) in [6.07, 6.45) is 1.87. The van der Waals surface area contributed by atoms with Crippen LogP contribution in [0.25, 0.3) is 11.0 Å². The van der Waals surface area contributed by atoms with Crippen LogP contribution in [-0.4, -0.2) is 51.6 Å². The molecule has 0 bridgehead atoms. The fraction of sp³-hybridized carbons (Fsp3) is 0.417. The summed E-state index contributed by atoms with van der Waals surface area (Å²) in [5, 5.41) is 16.4. The number of hydrogen-bond donors (Lipinski definition) is 2. The number of nitrogens with two attached hydrogens (primary N) is 1. The van der Waals surface area contributed by atoms with E-state index in [0.29, 0.717) is 34.8 Å². The Morgan fingerprint density at radius 3 is 2.55 bits per heavy atom. The number of anilines is 1. The van der Waals surface area contributed by atoms with Gasteiger partial charge < -0.3 is 15.4 Å². The topological polar surface area (TPSA) is 126 Å². The molecule has 1 spiro atoms. The molecule has 168 valence electrons. The van der Waals surface area contributed by atoms with Gasteiger partial charge in [-0.1, -0.05) is 5.92 Å². The zero-order chi connectivity index (χ0) is 23.2. The van der Waals surface area contributed by atoms with Gasteiger partial charge in [-0.05, 0) is 50.0 Å². The Morgan fingerprint density at radius 2 is 1.91 bits per heavy atom. The minimum Gasteiger partial charge on any atom is -0.376 e. The van der Waals surface area contributed by atoms with Crippen LogP contribution in [0.2, 0.25) is 0 Å². The minimum absolute atomic E-state index is 0.00106. The summed E-state index contributed by atoms with van der Waals surface area (Å²) in [5.74, 6) is 6.57. The van der Waals surface area contributed by atoms with Crippen LogP contribution < -0.4 is 16.2 Å². The van der Waals surface area contributed by atoms with Gasteiger partial charge in [-0.3, -0.25) is 14.5 Å². The second-order valence-electron chi connectivity index (χ2n) is 8.90. The number of hydrogen-bond acceptors (Lipinski definition) is 7. The van der Waals surface area contributed by atoms with E-state index < -0.39 is 0 Å². The average molecular weight is 444 g/mol. The number of nitrogens with one attached hydrogen (secondary N) is 1. The number of aromatic nitrogens is 4. The predicted octanol–water partition coefficient (Wildman–Crippen LogP) is 1.26. The summed E-state index contributed by atoms with van der Waals surface area (Å²) >= 11 is 0. The smallest absolute Gasteiger partial charge is 0.267 e. The van der Waals surface area contributed by atoms with Crippen molar-refractivity contribution in [3.05, 3.63) is 51.4 Å². The quantitative estimate of drug-likeness (QED) is 0.542. The van der Waals surface area contributed by atoms with Gasteiger partial charge in [0, 0.05) is 37.2 Å². The number of H-pyrrole nitrogens is 1. The van der Waals surface area contributed by atoms with Crippen molar-refractivity contribution in [3.8, 4) is 17.9 Å². The molecule has 0 aliphatic carbocycles. The van der Waals surface area contributed by atoms with Crippen LogP contribution in [0, 0.1) is 28.6 Å². The summed E-state index contributed by atoms with van der Waals surface area (Å²) in [7, 11) is 1.73. The van der Waals surface area contributed by atoms with Crippen molar-refractivity contribution in [1.29, 1.82) is 5.26 Å². The van der Waals surface area contributed by atoms with Crippen molar-refractivity contribution in [1.82, 2.24) is 19.7 Å². The SMILES string of the molecule is C[C@@H]1OCC2(CCN(c3nc4[nH]nc(C#Cc5ccc(C#N)cc5)c4c(=O)n3C)CC2)[C@@H]1N. The Balaban J connectivity index is 1.42. The molecule has 3 aromatic rings. The number of nitrogens with zero attached hydrogens (tertiary/aromatic N) is 5. The standard InChI is InChI=1S/C24H25N7O2/c1-15-20(26)24(14-33-15)9-11-31(12-10-24)23-27-21-19(22(32)30(23)2)18(28-29-21)8-7-16-3-5-17(13-25)6-4-16/h3-6,15,20H,9-12,14,26H2,1-2H3,(H,28,29)/t15-,20+/m0/s1. The number of rotatable bonds is 1. The van der Waals surface area contributed by atoms with Crippen LogP contribution in [-0.2, 0) is 11.8 Å². The van der Waals surface area contributed by atoms with E-state index in [4.69, 9.17) is 20.7 Å². The molecule has 2 aliphatic heterocycles. The van der Waals surface area contributed by atoms with E-state index in [1.165, 1.54) is 0 Å². The van der Waals surface area contributed by atoms with Gasteiger partial charge in [0.05, 0.1) is 24.3 Å². The number of nitriles is 1. The van der Waals surface area contributed by atoms with E-state index in [2.05, 4.69) is 33.0 Å². The lowest BCUT2D eigenvalue weighted by molar-refractivity contribution is 0.0973. The first kappa shape index (κ1) is 21.2. The van der Waals surface area contributed by atoms with Gasteiger partial charge in [0.1, 0.15) is 5.39 Å². The lowest BCUT2D eigenvalue weighted by Gasteiger charge is -2.41. The molecule has 0 saturated carbocycles. The highest BCUT2D eigenvalue weighted by atomic mass is 16.5. The van der Waals surface area contributed by atoms with E-state index in [0.717, 1.165) is 31.5 Å². The van der Waals surface area contributed by atoms with Gasteiger partial charge in [-0.2, -0.15) is 15.3 Å². The normalized spacial score (nSPS) is 21.7. The fourth-order valence-electron chi connectivity index (χ4n) is 4.81. The van der Waals surface area contributed by atoms with Gasteiger partial charge in [-0.15, -0.1) is 0 Å². The molecule has 3 N–H and O–H groups in total. The van der Waals surface area contributed by atoms with E-state index in [1.54, 1.807) is 35.9 Å². The van der Waals surface area contributed by atoms with Crippen LogP contribution in [0.5, 0.6) is 0 Å². The van der Waals surface area contributed by atoms with Crippen LogP contribution in [0.1, 0.15) is 36.6 Å². The minimum atomic E-state index is -0.192. The molecule has 2 atom stereocenters. The molecule has 5 rings (SSSR count). The number of ether oxygens (including phenoxy) is 1. The average Bonchev–Trinajstić information content (AvgIpc) is 3.37. The number of aromatic amines is 1. The fourth-order valence-corrected chi connectivity index (χ4v) is 4.81. The Morgan fingerprint density at radius 1 is 1.21 bits per heavy atom. The summed E-state index contributed by atoms with van der Waals surface area (Å²) < 4.78 is 7.38. The first-order valence-electron chi connectivity index (χ1n) is 11.0. The largest absolute Gasteiger partial charge is 0.376 e. The third kappa shape index (κ3) is 3.56. The highest BCUT2D eigenvalue weighted by Gasteiger charge is 2.47. The van der Waals surface area contributed by atoms with E-state index in [9.17, 15) is 4.79 Å². The second-order valence-corrected chi connectivity index (χ2v) is 8.90. The molecule has 1 aromatic carbocycles. The molecule has 4 heterocycles. The summed E-state index contributed by atoms with van der Waals surface area (Å²) in [4.78, 5) is 20.0. The van der Waals surface area contributed by atoms with Gasteiger partial charge in [0.25, 0.3) is 5.56 Å².